The molecule has 3 rings (SSSR count). The second-order valence-electron chi connectivity index (χ2n) is 6.24. The van der Waals surface area contributed by atoms with Gasteiger partial charge in [-0.15, -0.1) is 11.3 Å². The van der Waals surface area contributed by atoms with E-state index in [-0.39, 0.29) is 23.4 Å². The van der Waals surface area contributed by atoms with Crippen molar-refractivity contribution in [1.82, 2.24) is 15.6 Å². The fourth-order valence-corrected chi connectivity index (χ4v) is 4.29. The van der Waals surface area contributed by atoms with Crippen LogP contribution < -0.4 is 15.6 Å². The highest BCUT2D eigenvalue weighted by atomic mass is 32.2. The molecule has 10 heteroatoms. The maximum absolute atomic E-state index is 12.9. The summed E-state index contributed by atoms with van der Waals surface area (Å²) in [5.41, 5.74) is 5.13. The van der Waals surface area contributed by atoms with Gasteiger partial charge in [-0.1, -0.05) is 24.3 Å². The number of hydrazine groups is 1. The van der Waals surface area contributed by atoms with Crippen molar-refractivity contribution in [2.75, 3.05) is 0 Å². The number of hydrogen-bond acceptors (Lipinski definition) is 5. The van der Waals surface area contributed by atoms with Crippen molar-refractivity contribution in [3.05, 3.63) is 87.9 Å². The number of carbonyl (C=O) groups excluding carboxylic acids is 2. The Balaban J connectivity index is 1.58. The van der Waals surface area contributed by atoms with Crippen molar-refractivity contribution in [3.8, 4) is 0 Å². The van der Waals surface area contributed by atoms with Crippen LogP contribution >= 0.6 is 11.3 Å². The summed E-state index contributed by atoms with van der Waals surface area (Å²) in [5.74, 6) is -1.58. The van der Waals surface area contributed by atoms with Crippen LogP contribution in [-0.4, -0.2) is 20.2 Å². The minimum atomic E-state index is -3.81. The van der Waals surface area contributed by atoms with Crippen molar-refractivity contribution >= 4 is 33.2 Å². The predicted molar refractivity (Wildman–Crippen MR) is 110 cm³/mol. The number of sulfonamides is 1. The SMILES string of the molecule is O=C(Cc1ccc(F)cc1)NNC(=O)c1cccc(S(=O)(=O)NCc2cccs2)c1. The van der Waals surface area contributed by atoms with E-state index in [1.54, 1.807) is 0 Å². The largest absolute Gasteiger partial charge is 0.273 e. The van der Waals surface area contributed by atoms with Gasteiger partial charge in [0.25, 0.3) is 5.91 Å². The molecule has 0 aliphatic rings. The van der Waals surface area contributed by atoms with Crippen molar-refractivity contribution < 1.29 is 22.4 Å². The number of amides is 2. The minimum absolute atomic E-state index is 0.0539. The molecule has 3 N–H and O–H groups in total. The van der Waals surface area contributed by atoms with Crippen LogP contribution in [0, 0.1) is 5.82 Å². The van der Waals surface area contributed by atoms with Crippen LogP contribution in [0.25, 0.3) is 0 Å². The highest BCUT2D eigenvalue weighted by Gasteiger charge is 2.17. The fourth-order valence-electron chi connectivity index (χ4n) is 2.50. The Morgan fingerprint density at radius 2 is 1.73 bits per heavy atom. The molecular formula is C20H18FN3O4S2. The van der Waals surface area contributed by atoms with Gasteiger partial charge in [0.15, 0.2) is 0 Å². The molecule has 7 nitrogen and oxygen atoms in total. The molecule has 0 fully saturated rings. The van der Waals surface area contributed by atoms with Gasteiger partial charge in [0.05, 0.1) is 11.3 Å². The lowest BCUT2D eigenvalue weighted by atomic mass is 10.1. The Bertz CT molecular complexity index is 1130. The van der Waals surface area contributed by atoms with E-state index in [0.717, 1.165) is 4.88 Å². The van der Waals surface area contributed by atoms with Gasteiger partial charge in [0, 0.05) is 17.0 Å². The van der Waals surface area contributed by atoms with Gasteiger partial charge in [-0.05, 0) is 47.3 Å². The number of rotatable bonds is 7. The van der Waals surface area contributed by atoms with Crippen LogP contribution in [-0.2, 0) is 27.8 Å². The van der Waals surface area contributed by atoms with Gasteiger partial charge in [0.2, 0.25) is 15.9 Å². The Hall–Kier alpha value is -3.08. The molecule has 3 aromatic rings. The van der Waals surface area contributed by atoms with E-state index in [4.69, 9.17) is 0 Å². The lowest BCUT2D eigenvalue weighted by molar-refractivity contribution is -0.121. The molecule has 0 saturated carbocycles. The first kappa shape index (κ1) is 21.6. The fraction of sp³-hybridized carbons (Fsp3) is 0.100. The van der Waals surface area contributed by atoms with Crippen LogP contribution in [0.4, 0.5) is 4.39 Å². The second kappa shape index (κ2) is 9.61. The number of nitrogens with one attached hydrogen (secondary N) is 3. The normalized spacial score (nSPS) is 11.1. The number of halogens is 1. The third-order valence-electron chi connectivity index (χ3n) is 4.02. The average molecular weight is 448 g/mol. The van der Waals surface area contributed by atoms with Crippen molar-refractivity contribution in [1.29, 1.82) is 0 Å². The van der Waals surface area contributed by atoms with Gasteiger partial charge in [-0.2, -0.15) is 0 Å². The predicted octanol–water partition coefficient (Wildman–Crippen LogP) is 2.37. The molecule has 0 aliphatic carbocycles. The lowest BCUT2D eigenvalue weighted by Crippen LogP contribution is -2.42. The standard InChI is InChI=1S/C20H18FN3O4S2/c21-16-8-6-14(7-9-16)11-19(25)23-24-20(26)15-3-1-5-18(12-15)30(27,28)22-13-17-4-2-10-29-17/h1-10,12,22H,11,13H2,(H,23,25)(H,24,26). The molecule has 30 heavy (non-hydrogen) atoms. The van der Waals surface area contributed by atoms with Crippen LogP contribution in [0.5, 0.6) is 0 Å². The molecule has 2 amide bonds. The summed E-state index contributed by atoms with van der Waals surface area (Å²) in [6.45, 7) is 0.149. The Morgan fingerprint density at radius 3 is 2.43 bits per heavy atom. The molecule has 1 aromatic heterocycles. The third-order valence-corrected chi connectivity index (χ3v) is 6.29. The van der Waals surface area contributed by atoms with Gasteiger partial charge < -0.3 is 0 Å². The number of hydrogen-bond donors (Lipinski definition) is 3. The first-order valence-electron chi connectivity index (χ1n) is 8.79. The summed E-state index contributed by atoms with van der Waals surface area (Å²) < 4.78 is 40.3. The Morgan fingerprint density at radius 1 is 0.967 bits per heavy atom. The topological polar surface area (TPSA) is 104 Å². The zero-order valence-electron chi connectivity index (χ0n) is 15.6. The molecule has 0 bridgehead atoms. The van der Waals surface area contributed by atoms with Crippen LogP contribution in [0.2, 0.25) is 0 Å². The molecule has 156 valence electrons. The van der Waals surface area contributed by atoms with Crippen LogP contribution in [0.1, 0.15) is 20.8 Å². The van der Waals surface area contributed by atoms with Gasteiger partial charge in [-0.3, -0.25) is 20.4 Å². The zero-order valence-corrected chi connectivity index (χ0v) is 17.2. The van der Waals surface area contributed by atoms with Gasteiger partial charge >= 0.3 is 0 Å². The monoisotopic (exact) mass is 447 g/mol. The summed E-state index contributed by atoms with van der Waals surface area (Å²) in [6.07, 6.45) is -0.0539. The lowest BCUT2D eigenvalue weighted by Gasteiger charge is -2.10. The number of benzene rings is 2. The summed E-state index contributed by atoms with van der Waals surface area (Å²) in [4.78, 5) is 25.0. The summed E-state index contributed by atoms with van der Waals surface area (Å²) in [6, 6.07) is 14.5. The quantitative estimate of drug-likeness (QED) is 0.484. The molecule has 0 unspecified atom stereocenters. The van der Waals surface area contributed by atoms with Crippen LogP contribution in [0.15, 0.2) is 70.9 Å². The van der Waals surface area contributed by atoms with E-state index in [1.165, 1.54) is 59.9 Å². The molecule has 0 aliphatic heterocycles. The molecule has 0 atom stereocenters. The van der Waals surface area contributed by atoms with E-state index in [2.05, 4.69) is 15.6 Å². The van der Waals surface area contributed by atoms with E-state index < -0.39 is 27.7 Å². The minimum Gasteiger partial charge on any atom is -0.273 e. The molecule has 0 radical (unpaired) electrons. The molecule has 2 aromatic carbocycles. The zero-order chi connectivity index (χ0) is 21.6. The third kappa shape index (κ3) is 5.96. The average Bonchev–Trinajstić information content (AvgIpc) is 3.26. The smallest absolute Gasteiger partial charge is 0.269 e. The number of thiophene rings is 1. The molecule has 1 heterocycles. The van der Waals surface area contributed by atoms with Crippen LogP contribution in [0.3, 0.4) is 0 Å². The molecule has 0 saturated heterocycles. The van der Waals surface area contributed by atoms with Crippen molar-refractivity contribution in [2.45, 2.75) is 17.9 Å². The summed E-state index contributed by atoms with van der Waals surface area (Å²) in [7, 11) is -3.81. The van der Waals surface area contributed by atoms with E-state index >= 15 is 0 Å². The molecule has 0 spiro atoms. The van der Waals surface area contributed by atoms with Crippen molar-refractivity contribution in [3.63, 3.8) is 0 Å². The van der Waals surface area contributed by atoms with E-state index in [0.29, 0.717) is 5.56 Å². The second-order valence-corrected chi connectivity index (χ2v) is 9.04. The highest BCUT2D eigenvalue weighted by Crippen LogP contribution is 2.14. The van der Waals surface area contributed by atoms with Crippen molar-refractivity contribution in [2.24, 2.45) is 0 Å². The summed E-state index contributed by atoms with van der Waals surface area (Å²) in [5, 5.41) is 1.85. The Labute approximate surface area is 177 Å². The molecular weight excluding hydrogens is 429 g/mol. The summed E-state index contributed by atoms with van der Waals surface area (Å²) >= 11 is 1.43. The highest BCUT2D eigenvalue weighted by molar-refractivity contribution is 7.89. The maximum Gasteiger partial charge on any atom is 0.269 e. The van der Waals surface area contributed by atoms with E-state index in [9.17, 15) is 22.4 Å². The van der Waals surface area contributed by atoms with Gasteiger partial charge in [0.1, 0.15) is 5.82 Å². The van der Waals surface area contributed by atoms with E-state index in [1.807, 2.05) is 17.5 Å². The number of carbonyl (C=O) groups is 2. The first-order valence-corrected chi connectivity index (χ1v) is 11.2. The Kier molecular flexibility index (Phi) is 6.93. The van der Waals surface area contributed by atoms with Gasteiger partial charge in [-0.25, -0.2) is 17.5 Å². The maximum atomic E-state index is 12.9. The first-order chi connectivity index (χ1) is 14.3.